The van der Waals surface area contributed by atoms with E-state index < -0.39 is 23.3 Å². The van der Waals surface area contributed by atoms with E-state index in [-0.39, 0.29) is 45.7 Å². The maximum atomic E-state index is 14.0. The monoisotopic (exact) mass is 1040 g/mol. The van der Waals surface area contributed by atoms with Crippen molar-refractivity contribution < 1.29 is 38.9 Å². The summed E-state index contributed by atoms with van der Waals surface area (Å²) >= 11 is 0. The van der Waals surface area contributed by atoms with Crippen LogP contribution in [0.2, 0.25) is 0 Å². The predicted octanol–water partition coefficient (Wildman–Crippen LogP) is 14.9. The normalized spacial score (nSPS) is 11.2. The average Bonchev–Trinajstić information content (AvgIpc) is 3.52. The molecule has 16 nitrogen and oxygen atoms in total. The van der Waals surface area contributed by atoms with Gasteiger partial charge in [0.15, 0.2) is 11.5 Å². The van der Waals surface area contributed by atoms with Crippen LogP contribution in [0.1, 0.15) is 52.6 Å². The lowest BCUT2D eigenvalue weighted by atomic mass is 10.0. The fraction of sp³-hybridized carbons (Fsp3) is 0.0476. The van der Waals surface area contributed by atoms with Crippen LogP contribution >= 0.6 is 0 Å². The zero-order valence-electron chi connectivity index (χ0n) is 42.5. The zero-order valence-corrected chi connectivity index (χ0v) is 42.5. The highest BCUT2D eigenvalue weighted by atomic mass is 16.5. The first kappa shape index (κ1) is 51.5. The number of aromatic hydroxyl groups is 2. The SMILES string of the molecule is COc1ccc(C(=O)Nc2ccccc2)cc1N=Nc1c(O)c(C(=O)Nc2cccc(Cc3cccc(NC(=O)c4cc5ccccc5c(N=Nc5cc(C(=O)Nc6ccccc6)ccc5OC)c4O)c3)c2)cc2ccccc12. The van der Waals surface area contributed by atoms with E-state index in [0.29, 0.717) is 73.3 Å². The van der Waals surface area contributed by atoms with Gasteiger partial charge in [0.05, 0.1) is 25.3 Å². The van der Waals surface area contributed by atoms with Crippen LogP contribution in [0.5, 0.6) is 23.0 Å². The molecule has 0 saturated carbocycles. The molecule has 0 fully saturated rings. The number of benzene rings is 10. The fourth-order valence-electron chi connectivity index (χ4n) is 8.81. The van der Waals surface area contributed by atoms with Gasteiger partial charge in [-0.15, -0.1) is 20.5 Å². The molecule has 0 aromatic heterocycles. The van der Waals surface area contributed by atoms with Crippen molar-refractivity contribution in [3.63, 3.8) is 0 Å². The van der Waals surface area contributed by atoms with Gasteiger partial charge in [-0.1, -0.05) is 109 Å². The van der Waals surface area contributed by atoms with Gasteiger partial charge in [-0.25, -0.2) is 0 Å². The molecule has 0 aliphatic heterocycles. The molecule has 0 saturated heterocycles. The van der Waals surface area contributed by atoms with Crippen molar-refractivity contribution in [2.75, 3.05) is 35.5 Å². The van der Waals surface area contributed by atoms with Crippen LogP contribution in [0.3, 0.4) is 0 Å². The quantitative estimate of drug-likeness (QED) is 0.0509. The fourth-order valence-corrected chi connectivity index (χ4v) is 8.81. The van der Waals surface area contributed by atoms with Crippen LogP contribution in [-0.2, 0) is 6.42 Å². The summed E-state index contributed by atoms with van der Waals surface area (Å²) in [5, 5.41) is 54.9. The Morgan fingerprint density at radius 3 is 1.19 bits per heavy atom. The second-order valence-corrected chi connectivity index (χ2v) is 18.0. The molecule has 79 heavy (non-hydrogen) atoms. The van der Waals surface area contributed by atoms with Crippen molar-refractivity contribution >= 4 is 90.7 Å². The summed E-state index contributed by atoms with van der Waals surface area (Å²) in [6.07, 6.45) is 0.405. The molecule has 0 aliphatic rings. The van der Waals surface area contributed by atoms with Gasteiger partial charge in [0, 0.05) is 44.6 Å². The van der Waals surface area contributed by atoms with Crippen LogP contribution < -0.4 is 30.7 Å². The number of azo groups is 2. The van der Waals surface area contributed by atoms with Gasteiger partial charge in [-0.3, -0.25) is 19.2 Å². The van der Waals surface area contributed by atoms with Gasteiger partial charge >= 0.3 is 0 Å². The van der Waals surface area contributed by atoms with Crippen LogP contribution in [-0.4, -0.2) is 48.1 Å². The highest BCUT2D eigenvalue weighted by Crippen LogP contribution is 2.43. The van der Waals surface area contributed by atoms with E-state index in [4.69, 9.17) is 9.47 Å². The molecule has 16 heteroatoms. The second-order valence-electron chi connectivity index (χ2n) is 18.0. The van der Waals surface area contributed by atoms with E-state index in [2.05, 4.69) is 41.7 Å². The van der Waals surface area contributed by atoms with E-state index in [1.165, 1.54) is 26.4 Å². The van der Waals surface area contributed by atoms with Crippen LogP contribution in [0.15, 0.2) is 227 Å². The molecule has 0 heterocycles. The van der Waals surface area contributed by atoms with Crippen molar-refractivity contribution in [2.24, 2.45) is 20.5 Å². The van der Waals surface area contributed by atoms with E-state index in [0.717, 1.165) is 11.1 Å². The van der Waals surface area contributed by atoms with Gasteiger partial charge in [0.25, 0.3) is 23.6 Å². The van der Waals surface area contributed by atoms with Gasteiger partial charge in [0.1, 0.15) is 34.2 Å². The number of carbonyl (C=O) groups is 4. The summed E-state index contributed by atoms with van der Waals surface area (Å²) in [4.78, 5) is 54.4. The smallest absolute Gasteiger partial charge is 0.259 e. The molecule has 4 amide bonds. The number of fused-ring (bicyclic) bond motifs is 2. The van der Waals surface area contributed by atoms with Crippen molar-refractivity contribution in [1.29, 1.82) is 0 Å². The lowest BCUT2D eigenvalue weighted by Gasteiger charge is -2.13. The number of phenols is 2. The Balaban J connectivity index is 0.849. The molecule has 0 unspecified atom stereocenters. The molecule has 10 rings (SSSR count). The third-order valence-electron chi connectivity index (χ3n) is 12.7. The van der Waals surface area contributed by atoms with Crippen LogP contribution in [0.4, 0.5) is 45.5 Å². The number of para-hydroxylation sites is 2. The number of amides is 4. The van der Waals surface area contributed by atoms with Crippen LogP contribution in [0.25, 0.3) is 21.5 Å². The number of nitrogens with zero attached hydrogens (tertiary/aromatic N) is 4. The van der Waals surface area contributed by atoms with Crippen molar-refractivity contribution in [2.45, 2.75) is 6.42 Å². The Hall–Kier alpha value is -11.0. The molecule has 0 spiro atoms. The lowest BCUT2D eigenvalue weighted by Crippen LogP contribution is -2.13. The van der Waals surface area contributed by atoms with Crippen molar-refractivity contribution in [3.05, 3.63) is 240 Å². The minimum absolute atomic E-state index is 0.0396. The van der Waals surface area contributed by atoms with E-state index in [9.17, 15) is 29.4 Å². The molecule has 388 valence electrons. The predicted molar refractivity (Wildman–Crippen MR) is 306 cm³/mol. The third kappa shape index (κ3) is 11.8. The number of hydrogen-bond donors (Lipinski definition) is 6. The van der Waals surface area contributed by atoms with Crippen LogP contribution in [0, 0.1) is 0 Å². The van der Waals surface area contributed by atoms with Gasteiger partial charge in [0.2, 0.25) is 0 Å². The first-order chi connectivity index (χ1) is 38.5. The van der Waals surface area contributed by atoms with Gasteiger partial charge < -0.3 is 41.0 Å². The summed E-state index contributed by atoms with van der Waals surface area (Å²) in [7, 11) is 2.93. The molecule has 10 aromatic carbocycles. The molecule has 0 radical (unpaired) electrons. The van der Waals surface area contributed by atoms with Gasteiger partial charge in [-0.2, -0.15) is 0 Å². The molecule has 6 N–H and O–H groups in total. The van der Waals surface area contributed by atoms with E-state index in [1.54, 1.807) is 133 Å². The van der Waals surface area contributed by atoms with Crippen molar-refractivity contribution in [1.82, 2.24) is 0 Å². The first-order valence-electron chi connectivity index (χ1n) is 24.7. The number of methoxy groups -OCH3 is 2. The molecular formula is C63H48N8O8. The zero-order chi connectivity index (χ0) is 54.8. The Morgan fingerprint density at radius 2 is 0.772 bits per heavy atom. The minimum Gasteiger partial charge on any atom is -0.505 e. The first-order valence-corrected chi connectivity index (χ1v) is 24.7. The summed E-state index contributed by atoms with van der Waals surface area (Å²) in [5.41, 5.74) is 4.82. The third-order valence-corrected chi connectivity index (χ3v) is 12.7. The standard InChI is InChI=1S/C63H48N8O8/c1-78-54-29-27-42(60(74)64-44-19-5-3-6-20-44)36-52(54)68-70-56-48-25-11-9-17-40(48)34-50(58(56)72)62(76)66-46-23-13-15-38(32-46)31-39-16-14-24-47(33-39)67-63(77)51-35-41-18-10-12-26-49(41)57(59(51)73)71-69-53-37-43(28-30-55(53)79-2)61(75)65-45-21-7-4-8-22-45/h3-30,32-37,72-73H,31H2,1-2H3,(H,64,74)(H,65,75)(H,66,76)(H,67,77). The number of hydrogen-bond acceptors (Lipinski definition) is 12. The number of rotatable bonds is 16. The summed E-state index contributed by atoms with van der Waals surface area (Å²) < 4.78 is 11.0. The Kier molecular flexibility index (Phi) is 15.2. The number of ether oxygens (including phenoxy) is 2. The minimum atomic E-state index is -0.599. The maximum absolute atomic E-state index is 14.0. The van der Waals surface area contributed by atoms with E-state index in [1.807, 2.05) is 60.7 Å². The Bertz CT molecular complexity index is 3780. The highest BCUT2D eigenvalue weighted by Gasteiger charge is 2.22. The molecular weight excluding hydrogens is 997 g/mol. The summed E-state index contributed by atoms with van der Waals surface area (Å²) in [6, 6.07) is 59.4. The lowest BCUT2D eigenvalue weighted by molar-refractivity contribution is 0.101. The number of nitrogens with one attached hydrogen (secondary N) is 4. The maximum Gasteiger partial charge on any atom is 0.259 e. The largest absolute Gasteiger partial charge is 0.505 e. The molecule has 0 aliphatic carbocycles. The Labute approximate surface area is 452 Å². The second kappa shape index (κ2) is 23.3. The summed E-state index contributed by atoms with van der Waals surface area (Å²) in [6.45, 7) is 0. The highest BCUT2D eigenvalue weighted by molar-refractivity contribution is 6.13. The van der Waals surface area contributed by atoms with Gasteiger partial charge in [-0.05, 0) is 125 Å². The number of carbonyl (C=O) groups excluding carboxylic acids is 4. The Morgan fingerprint density at radius 1 is 0.392 bits per heavy atom. The van der Waals surface area contributed by atoms with Crippen molar-refractivity contribution in [3.8, 4) is 23.0 Å². The molecule has 0 bridgehead atoms. The molecule has 0 atom stereocenters. The average molecular weight is 1050 g/mol. The molecule has 10 aromatic rings. The van der Waals surface area contributed by atoms with E-state index >= 15 is 0 Å². The number of anilines is 4. The summed E-state index contributed by atoms with van der Waals surface area (Å²) in [5.74, 6) is -2.08. The topological polar surface area (TPSA) is 225 Å². The number of phenolic OH excluding ortho intramolecular Hbond substituents is 2.